The number of para-hydroxylation sites is 2. The molecule has 1 aromatic heterocycles. The second kappa shape index (κ2) is 9.83. The van der Waals surface area contributed by atoms with Crippen LogP contribution in [0.25, 0.3) is 11.0 Å². The number of nitrogens with one attached hydrogen (secondary N) is 2. The molecule has 1 fully saturated rings. The highest BCUT2D eigenvalue weighted by atomic mass is 32.2. The summed E-state index contributed by atoms with van der Waals surface area (Å²) in [7, 11) is 0. The number of hydrogen-bond donors (Lipinski definition) is 2. The molecule has 0 spiro atoms. The number of hydrogen-bond acceptors (Lipinski definition) is 3. The number of imidazole rings is 1. The lowest BCUT2D eigenvalue weighted by Gasteiger charge is -2.21. The lowest BCUT2D eigenvalue weighted by atomic mass is 10.2. The maximum Gasteiger partial charge on any atom is 0.193 e. The molecule has 3 aromatic rings. The van der Waals surface area contributed by atoms with E-state index in [1.165, 1.54) is 17.1 Å². The van der Waals surface area contributed by atoms with E-state index in [1.54, 1.807) is 0 Å². The molecule has 2 aromatic carbocycles. The van der Waals surface area contributed by atoms with Crippen molar-refractivity contribution in [1.29, 1.82) is 0 Å². The van der Waals surface area contributed by atoms with Gasteiger partial charge < -0.3 is 15.2 Å². The van der Waals surface area contributed by atoms with Crippen LogP contribution in [-0.2, 0) is 6.42 Å². The molecule has 2 heterocycles. The number of rotatable bonds is 7. The second-order valence-electron chi connectivity index (χ2n) is 7.41. The van der Waals surface area contributed by atoms with Crippen molar-refractivity contribution in [1.82, 2.24) is 20.2 Å². The average Bonchev–Trinajstić information content (AvgIpc) is 3.39. The van der Waals surface area contributed by atoms with Crippen LogP contribution in [0.4, 0.5) is 0 Å². The van der Waals surface area contributed by atoms with Gasteiger partial charge in [-0.2, -0.15) is 0 Å². The number of aliphatic imine (C=N–C) groups is 1. The molecule has 0 saturated carbocycles. The highest BCUT2D eigenvalue weighted by molar-refractivity contribution is 7.99. The standard InChI is InChI=1S/C23H29N5S/c1-2-24-23(25-14-12-22-26-20-10-6-7-11-21(20)27-22)28-15-13-18(16-28)17-29-19-8-4-3-5-9-19/h3-11,18H,2,12-17H2,1H3,(H,24,25)(H,26,27). The quantitative estimate of drug-likeness (QED) is 0.350. The highest BCUT2D eigenvalue weighted by Gasteiger charge is 2.24. The Labute approximate surface area is 177 Å². The molecule has 4 rings (SSSR count). The lowest BCUT2D eigenvalue weighted by molar-refractivity contribution is 0.474. The van der Waals surface area contributed by atoms with Crippen LogP contribution in [0.1, 0.15) is 19.2 Å². The Morgan fingerprint density at radius 3 is 2.86 bits per heavy atom. The van der Waals surface area contributed by atoms with E-state index < -0.39 is 0 Å². The first kappa shape index (κ1) is 19.8. The number of aromatic amines is 1. The number of guanidine groups is 1. The third kappa shape index (κ3) is 5.32. The highest BCUT2D eigenvalue weighted by Crippen LogP contribution is 2.25. The van der Waals surface area contributed by atoms with Crippen LogP contribution in [0, 0.1) is 5.92 Å². The molecule has 0 amide bonds. The van der Waals surface area contributed by atoms with Crippen molar-refractivity contribution in [3.63, 3.8) is 0 Å². The molecule has 29 heavy (non-hydrogen) atoms. The smallest absolute Gasteiger partial charge is 0.193 e. The van der Waals surface area contributed by atoms with E-state index >= 15 is 0 Å². The van der Waals surface area contributed by atoms with E-state index in [4.69, 9.17) is 4.99 Å². The summed E-state index contributed by atoms with van der Waals surface area (Å²) in [6.07, 6.45) is 2.05. The third-order valence-corrected chi connectivity index (χ3v) is 6.44. The minimum absolute atomic E-state index is 0.708. The molecular weight excluding hydrogens is 378 g/mol. The van der Waals surface area contributed by atoms with Gasteiger partial charge in [-0.25, -0.2) is 4.98 Å². The van der Waals surface area contributed by atoms with Crippen LogP contribution in [0.2, 0.25) is 0 Å². The molecule has 1 atom stereocenters. The van der Waals surface area contributed by atoms with Gasteiger partial charge in [-0.15, -0.1) is 11.8 Å². The maximum absolute atomic E-state index is 4.88. The Balaban J connectivity index is 1.30. The van der Waals surface area contributed by atoms with Crippen molar-refractivity contribution in [2.75, 3.05) is 31.9 Å². The molecule has 6 heteroatoms. The van der Waals surface area contributed by atoms with Crippen molar-refractivity contribution in [2.24, 2.45) is 10.9 Å². The largest absolute Gasteiger partial charge is 0.357 e. The van der Waals surface area contributed by atoms with Crippen molar-refractivity contribution in [3.05, 3.63) is 60.4 Å². The number of nitrogens with zero attached hydrogens (tertiary/aromatic N) is 3. The van der Waals surface area contributed by atoms with Crippen molar-refractivity contribution < 1.29 is 0 Å². The zero-order valence-electron chi connectivity index (χ0n) is 17.0. The predicted molar refractivity (Wildman–Crippen MR) is 123 cm³/mol. The van der Waals surface area contributed by atoms with Crippen molar-refractivity contribution in [2.45, 2.75) is 24.7 Å². The molecule has 1 aliphatic heterocycles. The van der Waals surface area contributed by atoms with Gasteiger partial charge in [-0.05, 0) is 43.5 Å². The monoisotopic (exact) mass is 407 g/mol. The van der Waals surface area contributed by atoms with Crippen LogP contribution in [0.3, 0.4) is 0 Å². The molecule has 2 N–H and O–H groups in total. The van der Waals surface area contributed by atoms with Crippen LogP contribution in [-0.4, -0.2) is 52.8 Å². The molecule has 1 saturated heterocycles. The number of H-pyrrole nitrogens is 1. The van der Waals surface area contributed by atoms with E-state index in [0.717, 1.165) is 55.4 Å². The number of fused-ring (bicyclic) bond motifs is 1. The minimum Gasteiger partial charge on any atom is -0.357 e. The van der Waals surface area contributed by atoms with Crippen molar-refractivity contribution >= 4 is 28.8 Å². The van der Waals surface area contributed by atoms with Gasteiger partial charge in [0, 0.05) is 43.2 Å². The second-order valence-corrected chi connectivity index (χ2v) is 8.50. The topological polar surface area (TPSA) is 56.3 Å². The first-order chi connectivity index (χ1) is 14.3. The summed E-state index contributed by atoms with van der Waals surface area (Å²) in [5.74, 6) is 3.92. The van der Waals surface area contributed by atoms with Crippen LogP contribution in [0.15, 0.2) is 64.5 Å². The van der Waals surface area contributed by atoms with Gasteiger partial charge in [0.2, 0.25) is 0 Å². The molecule has 0 bridgehead atoms. The fraction of sp³-hybridized carbons (Fsp3) is 0.391. The number of aromatic nitrogens is 2. The summed E-state index contributed by atoms with van der Waals surface area (Å²) in [4.78, 5) is 16.7. The van der Waals surface area contributed by atoms with Crippen LogP contribution < -0.4 is 5.32 Å². The fourth-order valence-corrected chi connectivity index (χ4v) is 4.76. The summed E-state index contributed by atoms with van der Waals surface area (Å²) < 4.78 is 0. The number of thioether (sulfide) groups is 1. The molecule has 5 nitrogen and oxygen atoms in total. The van der Waals surface area contributed by atoms with E-state index in [-0.39, 0.29) is 0 Å². The summed E-state index contributed by atoms with van der Waals surface area (Å²) in [6.45, 7) is 5.92. The molecule has 1 aliphatic rings. The van der Waals surface area contributed by atoms with Gasteiger partial charge in [-0.3, -0.25) is 4.99 Å². The first-order valence-electron chi connectivity index (χ1n) is 10.5. The van der Waals surface area contributed by atoms with E-state index in [1.807, 2.05) is 30.0 Å². The first-order valence-corrected chi connectivity index (χ1v) is 11.4. The Hall–Kier alpha value is -2.47. The summed E-state index contributed by atoms with van der Waals surface area (Å²) >= 11 is 1.96. The Bertz CT molecular complexity index is 904. The zero-order chi connectivity index (χ0) is 19.9. The molecular formula is C23H29N5S. The van der Waals surface area contributed by atoms with E-state index in [0.29, 0.717) is 5.92 Å². The van der Waals surface area contributed by atoms with Gasteiger partial charge in [0.05, 0.1) is 11.0 Å². The molecule has 152 valence electrons. The SMILES string of the molecule is CCNC(=NCCc1nc2ccccc2[nH]1)N1CCC(CSc2ccccc2)C1. The summed E-state index contributed by atoms with van der Waals surface area (Å²) in [6, 6.07) is 18.9. The van der Waals surface area contributed by atoms with Crippen molar-refractivity contribution in [3.8, 4) is 0 Å². The fourth-order valence-electron chi connectivity index (χ4n) is 3.71. The Morgan fingerprint density at radius 1 is 1.21 bits per heavy atom. The van der Waals surface area contributed by atoms with E-state index in [2.05, 4.69) is 63.5 Å². The molecule has 0 aliphatic carbocycles. The zero-order valence-corrected chi connectivity index (χ0v) is 17.8. The molecule has 0 radical (unpaired) electrons. The van der Waals surface area contributed by atoms with Gasteiger partial charge in [0.1, 0.15) is 5.82 Å². The number of benzene rings is 2. The van der Waals surface area contributed by atoms with Gasteiger partial charge >= 0.3 is 0 Å². The van der Waals surface area contributed by atoms with Gasteiger partial charge in [-0.1, -0.05) is 30.3 Å². The number of likely N-dealkylation sites (tertiary alicyclic amines) is 1. The van der Waals surface area contributed by atoms with Crippen LogP contribution >= 0.6 is 11.8 Å². The normalized spacial score (nSPS) is 17.2. The molecule has 1 unspecified atom stereocenters. The predicted octanol–water partition coefficient (Wildman–Crippen LogP) is 4.19. The van der Waals surface area contributed by atoms with Gasteiger partial charge in [0.25, 0.3) is 0 Å². The third-order valence-electron chi connectivity index (χ3n) is 5.20. The lowest BCUT2D eigenvalue weighted by Crippen LogP contribution is -2.40. The maximum atomic E-state index is 4.88. The Morgan fingerprint density at radius 2 is 2.03 bits per heavy atom. The summed E-state index contributed by atoms with van der Waals surface area (Å²) in [5, 5.41) is 3.47. The minimum atomic E-state index is 0.708. The average molecular weight is 408 g/mol. The summed E-state index contributed by atoms with van der Waals surface area (Å²) in [5.41, 5.74) is 2.12. The Kier molecular flexibility index (Phi) is 6.72. The van der Waals surface area contributed by atoms with Gasteiger partial charge in [0.15, 0.2) is 5.96 Å². The van der Waals surface area contributed by atoms with Crippen LogP contribution in [0.5, 0.6) is 0 Å². The van der Waals surface area contributed by atoms with E-state index in [9.17, 15) is 0 Å².